The lowest BCUT2D eigenvalue weighted by molar-refractivity contribution is -0.133. The second kappa shape index (κ2) is 5.47. The molecule has 0 spiro atoms. The number of aliphatic hydroxyl groups is 1. The highest BCUT2D eigenvalue weighted by atomic mass is 16.5. The number of fused-ring (bicyclic) bond motifs is 1. The number of hydrogen-bond donors (Lipinski definition) is 2. The molecule has 3 rings (SSSR count). The van der Waals surface area contributed by atoms with Crippen molar-refractivity contribution in [1.29, 1.82) is 0 Å². The van der Waals surface area contributed by atoms with Gasteiger partial charge in [0.05, 0.1) is 17.7 Å². The second-order valence-electron chi connectivity index (χ2n) is 6.55. The second-order valence-corrected chi connectivity index (χ2v) is 6.55. The first kappa shape index (κ1) is 14.1. The molecule has 0 amide bonds. The van der Waals surface area contributed by atoms with Crippen LogP contribution in [-0.2, 0) is 11.2 Å². The highest BCUT2D eigenvalue weighted by molar-refractivity contribution is 5.34. The van der Waals surface area contributed by atoms with Gasteiger partial charge in [-0.3, -0.25) is 0 Å². The van der Waals surface area contributed by atoms with Crippen LogP contribution in [-0.4, -0.2) is 30.0 Å². The van der Waals surface area contributed by atoms with Gasteiger partial charge in [0.2, 0.25) is 0 Å². The van der Waals surface area contributed by atoms with E-state index in [2.05, 4.69) is 43.4 Å². The van der Waals surface area contributed by atoms with E-state index in [1.165, 1.54) is 11.1 Å². The van der Waals surface area contributed by atoms with E-state index >= 15 is 0 Å². The van der Waals surface area contributed by atoms with Crippen LogP contribution in [0.25, 0.3) is 0 Å². The Balaban J connectivity index is 1.88. The Hall–Kier alpha value is -0.900. The van der Waals surface area contributed by atoms with Crippen molar-refractivity contribution in [3.8, 4) is 0 Å². The van der Waals surface area contributed by atoms with E-state index in [1.807, 2.05) is 0 Å². The van der Waals surface area contributed by atoms with Crippen LogP contribution in [0.15, 0.2) is 24.3 Å². The van der Waals surface area contributed by atoms with Crippen molar-refractivity contribution in [2.75, 3.05) is 13.2 Å². The van der Waals surface area contributed by atoms with E-state index in [9.17, 15) is 5.11 Å². The van der Waals surface area contributed by atoms with Crippen molar-refractivity contribution in [2.45, 2.75) is 50.9 Å². The Morgan fingerprint density at radius 1 is 1.35 bits per heavy atom. The summed E-state index contributed by atoms with van der Waals surface area (Å²) in [6.45, 7) is 5.92. The summed E-state index contributed by atoms with van der Waals surface area (Å²) >= 11 is 0. The minimum atomic E-state index is -0.691. The average molecular weight is 275 g/mol. The molecule has 1 fully saturated rings. The van der Waals surface area contributed by atoms with Crippen molar-refractivity contribution < 1.29 is 9.84 Å². The molecule has 3 atom stereocenters. The molecular weight excluding hydrogens is 250 g/mol. The largest absolute Gasteiger partial charge is 0.388 e. The maximum Gasteiger partial charge on any atom is 0.0888 e. The highest BCUT2D eigenvalue weighted by Gasteiger charge is 2.44. The quantitative estimate of drug-likeness (QED) is 0.871. The minimum Gasteiger partial charge on any atom is -0.388 e. The van der Waals surface area contributed by atoms with Gasteiger partial charge in [-0.2, -0.15) is 0 Å². The summed E-state index contributed by atoms with van der Waals surface area (Å²) in [5.41, 5.74) is 1.95. The molecule has 1 aromatic rings. The van der Waals surface area contributed by atoms with Crippen LogP contribution in [0.1, 0.15) is 43.9 Å². The molecule has 2 aliphatic rings. The lowest BCUT2D eigenvalue weighted by atomic mass is 9.76. The number of ether oxygens (including phenoxy) is 1. The Morgan fingerprint density at radius 3 is 2.95 bits per heavy atom. The fourth-order valence-corrected chi connectivity index (χ4v) is 3.57. The number of nitrogens with one attached hydrogen (secondary N) is 1. The van der Waals surface area contributed by atoms with Crippen molar-refractivity contribution in [3.63, 3.8) is 0 Å². The van der Waals surface area contributed by atoms with Crippen LogP contribution in [0, 0.1) is 5.92 Å². The van der Waals surface area contributed by atoms with Gasteiger partial charge in [0, 0.05) is 19.4 Å². The first-order valence-electron chi connectivity index (χ1n) is 7.75. The maximum absolute atomic E-state index is 11.2. The van der Waals surface area contributed by atoms with Crippen LogP contribution in [0.5, 0.6) is 0 Å². The van der Waals surface area contributed by atoms with Gasteiger partial charge in [-0.25, -0.2) is 0 Å². The molecule has 1 aromatic carbocycles. The fraction of sp³-hybridized carbons (Fsp3) is 0.647. The molecule has 20 heavy (non-hydrogen) atoms. The molecule has 0 radical (unpaired) electrons. The Labute approximate surface area is 121 Å². The molecule has 110 valence electrons. The van der Waals surface area contributed by atoms with Crippen LogP contribution < -0.4 is 5.32 Å². The Kier molecular flexibility index (Phi) is 3.85. The fourth-order valence-electron chi connectivity index (χ4n) is 3.57. The molecule has 2 heterocycles. The smallest absolute Gasteiger partial charge is 0.0888 e. The summed E-state index contributed by atoms with van der Waals surface area (Å²) in [6.07, 6.45) is 2.64. The minimum absolute atomic E-state index is 0.0394. The predicted molar refractivity (Wildman–Crippen MR) is 79.7 cm³/mol. The molecule has 3 heteroatoms. The van der Waals surface area contributed by atoms with Crippen molar-refractivity contribution in [1.82, 2.24) is 5.32 Å². The van der Waals surface area contributed by atoms with Gasteiger partial charge in [-0.1, -0.05) is 38.1 Å². The van der Waals surface area contributed by atoms with Crippen molar-refractivity contribution in [3.05, 3.63) is 35.4 Å². The van der Waals surface area contributed by atoms with Crippen LogP contribution in [0.2, 0.25) is 0 Å². The van der Waals surface area contributed by atoms with Crippen molar-refractivity contribution in [2.24, 2.45) is 5.92 Å². The number of hydrogen-bond acceptors (Lipinski definition) is 3. The normalized spacial score (nSPS) is 34.0. The molecule has 3 nitrogen and oxygen atoms in total. The molecule has 2 aliphatic heterocycles. The topological polar surface area (TPSA) is 41.5 Å². The van der Waals surface area contributed by atoms with E-state index < -0.39 is 5.60 Å². The third-order valence-corrected chi connectivity index (χ3v) is 4.81. The molecule has 0 saturated carbocycles. The van der Waals surface area contributed by atoms with Gasteiger partial charge in [-0.15, -0.1) is 0 Å². The molecule has 0 aromatic heterocycles. The third-order valence-electron chi connectivity index (χ3n) is 4.81. The molecule has 0 bridgehead atoms. The summed E-state index contributed by atoms with van der Waals surface area (Å²) in [4.78, 5) is 0. The summed E-state index contributed by atoms with van der Waals surface area (Å²) in [5, 5.41) is 14.8. The molecule has 2 N–H and O–H groups in total. The van der Waals surface area contributed by atoms with Crippen LogP contribution in [0.3, 0.4) is 0 Å². The zero-order valence-electron chi connectivity index (χ0n) is 12.4. The summed E-state index contributed by atoms with van der Waals surface area (Å²) in [7, 11) is 0. The van der Waals surface area contributed by atoms with E-state index in [0.29, 0.717) is 18.9 Å². The van der Waals surface area contributed by atoms with E-state index in [-0.39, 0.29) is 12.1 Å². The van der Waals surface area contributed by atoms with Gasteiger partial charge < -0.3 is 15.2 Å². The maximum atomic E-state index is 11.2. The summed E-state index contributed by atoms with van der Waals surface area (Å²) < 4.78 is 5.83. The molecule has 0 aliphatic carbocycles. The predicted octanol–water partition coefficient (Wildman–Crippen LogP) is 2.44. The first-order valence-corrected chi connectivity index (χ1v) is 7.75. The molecule has 1 saturated heterocycles. The summed E-state index contributed by atoms with van der Waals surface area (Å²) in [6, 6.07) is 8.54. The molecular formula is C17H25NO2. The zero-order chi connectivity index (χ0) is 14.2. The summed E-state index contributed by atoms with van der Waals surface area (Å²) in [5.74, 6) is 0.445. The Morgan fingerprint density at radius 2 is 2.15 bits per heavy atom. The lowest BCUT2D eigenvalue weighted by Gasteiger charge is -2.45. The number of benzene rings is 1. The van der Waals surface area contributed by atoms with E-state index in [0.717, 1.165) is 19.4 Å². The zero-order valence-corrected chi connectivity index (χ0v) is 12.4. The Bertz CT molecular complexity index is 474. The van der Waals surface area contributed by atoms with Gasteiger partial charge in [0.1, 0.15) is 0 Å². The van der Waals surface area contributed by atoms with Gasteiger partial charge in [0.15, 0.2) is 0 Å². The number of rotatable bonds is 2. The lowest BCUT2D eigenvalue weighted by Crippen LogP contribution is -2.52. The van der Waals surface area contributed by atoms with E-state index in [1.54, 1.807) is 0 Å². The van der Waals surface area contributed by atoms with Crippen molar-refractivity contribution >= 4 is 0 Å². The van der Waals surface area contributed by atoms with Crippen LogP contribution >= 0.6 is 0 Å². The standard InChI is InChI=1S/C17H25NO2/c1-12(2)15-11-17(19,8-10-20-15)16-14-6-4-3-5-13(14)7-9-18-16/h3-6,12,15-16,18-19H,7-11H2,1-2H3. The van der Waals surface area contributed by atoms with Crippen LogP contribution in [0.4, 0.5) is 0 Å². The van der Waals surface area contributed by atoms with Gasteiger partial charge in [0.25, 0.3) is 0 Å². The third kappa shape index (κ3) is 2.50. The monoisotopic (exact) mass is 275 g/mol. The van der Waals surface area contributed by atoms with Gasteiger partial charge >= 0.3 is 0 Å². The average Bonchev–Trinajstić information content (AvgIpc) is 2.46. The van der Waals surface area contributed by atoms with E-state index in [4.69, 9.17) is 4.74 Å². The first-order chi connectivity index (χ1) is 9.60. The molecule has 3 unspecified atom stereocenters. The van der Waals surface area contributed by atoms with Gasteiger partial charge in [-0.05, 0) is 30.0 Å². The highest BCUT2D eigenvalue weighted by Crippen LogP contribution is 2.40. The SMILES string of the molecule is CC(C)C1CC(O)(C2NCCc3ccccc32)CCO1.